The number of rotatable bonds is 6. The molecule has 0 aliphatic carbocycles. The van der Waals surface area contributed by atoms with Crippen LogP contribution in [0.5, 0.6) is 5.75 Å². The maximum absolute atomic E-state index is 12.1. The lowest BCUT2D eigenvalue weighted by molar-refractivity contribution is -0.384. The maximum Gasteiger partial charge on any atom is 0.422 e. The van der Waals surface area contributed by atoms with Crippen molar-refractivity contribution in [1.82, 2.24) is 5.32 Å². The van der Waals surface area contributed by atoms with Crippen molar-refractivity contribution in [2.45, 2.75) is 12.7 Å². The highest BCUT2D eigenvalue weighted by molar-refractivity contribution is 5.94. The van der Waals surface area contributed by atoms with Crippen molar-refractivity contribution in [1.29, 1.82) is 0 Å². The third-order valence-electron chi connectivity index (χ3n) is 3.12. The quantitative estimate of drug-likeness (QED) is 0.636. The lowest BCUT2D eigenvalue weighted by Gasteiger charge is -2.10. The van der Waals surface area contributed by atoms with Crippen molar-refractivity contribution >= 4 is 11.6 Å². The Balaban J connectivity index is 1.88. The van der Waals surface area contributed by atoms with Crippen LogP contribution in [-0.2, 0) is 6.54 Å². The number of carbonyl (C=O) groups is 1. The molecule has 1 N–H and O–H groups in total. The molecule has 0 bridgehead atoms. The van der Waals surface area contributed by atoms with Crippen molar-refractivity contribution < 1.29 is 27.6 Å². The molecule has 0 atom stereocenters. The number of halogens is 3. The van der Waals surface area contributed by atoms with E-state index in [9.17, 15) is 28.1 Å². The van der Waals surface area contributed by atoms with Crippen LogP contribution in [-0.4, -0.2) is 23.6 Å². The van der Waals surface area contributed by atoms with Gasteiger partial charge in [-0.1, -0.05) is 12.1 Å². The van der Waals surface area contributed by atoms with E-state index in [-0.39, 0.29) is 23.5 Å². The van der Waals surface area contributed by atoms with Gasteiger partial charge in [0.1, 0.15) is 5.75 Å². The summed E-state index contributed by atoms with van der Waals surface area (Å²) < 4.78 is 40.7. The van der Waals surface area contributed by atoms with Gasteiger partial charge in [0.2, 0.25) is 0 Å². The van der Waals surface area contributed by atoms with Gasteiger partial charge >= 0.3 is 6.18 Å². The Bertz CT molecular complexity index is 743. The molecule has 0 saturated carbocycles. The number of nitrogens with one attached hydrogen (secondary N) is 1. The fourth-order valence-corrected chi connectivity index (χ4v) is 1.89. The largest absolute Gasteiger partial charge is 0.484 e. The van der Waals surface area contributed by atoms with Gasteiger partial charge in [0.05, 0.1) is 4.92 Å². The molecule has 0 fully saturated rings. The first kappa shape index (κ1) is 18.2. The van der Waals surface area contributed by atoms with E-state index in [1.165, 1.54) is 48.5 Å². The molecule has 0 aliphatic heterocycles. The van der Waals surface area contributed by atoms with Crippen molar-refractivity contribution in [2.24, 2.45) is 0 Å². The number of hydrogen-bond donors (Lipinski definition) is 1. The molecule has 25 heavy (non-hydrogen) atoms. The van der Waals surface area contributed by atoms with Gasteiger partial charge in [0.25, 0.3) is 11.6 Å². The van der Waals surface area contributed by atoms with E-state index in [0.717, 1.165) is 0 Å². The second-order valence-electron chi connectivity index (χ2n) is 5.03. The van der Waals surface area contributed by atoms with E-state index < -0.39 is 23.6 Å². The first-order valence-corrected chi connectivity index (χ1v) is 7.06. The molecule has 132 valence electrons. The summed E-state index contributed by atoms with van der Waals surface area (Å²) >= 11 is 0. The molecule has 2 aromatic carbocycles. The van der Waals surface area contributed by atoms with Crippen LogP contribution in [0.1, 0.15) is 15.9 Å². The Kier molecular flexibility index (Phi) is 5.58. The second-order valence-corrected chi connectivity index (χ2v) is 5.03. The molecule has 0 spiro atoms. The number of nitro benzene ring substituents is 1. The molecule has 0 heterocycles. The van der Waals surface area contributed by atoms with Crippen LogP contribution < -0.4 is 10.1 Å². The van der Waals surface area contributed by atoms with Gasteiger partial charge < -0.3 is 10.1 Å². The smallest absolute Gasteiger partial charge is 0.422 e. The molecule has 0 radical (unpaired) electrons. The summed E-state index contributed by atoms with van der Waals surface area (Å²) in [5.41, 5.74) is 0.802. The molecule has 0 aliphatic rings. The van der Waals surface area contributed by atoms with Gasteiger partial charge in [-0.15, -0.1) is 0 Å². The number of hydrogen-bond acceptors (Lipinski definition) is 4. The Morgan fingerprint density at radius 1 is 1.08 bits per heavy atom. The normalized spacial score (nSPS) is 11.0. The van der Waals surface area contributed by atoms with Crippen LogP contribution in [0.15, 0.2) is 48.5 Å². The van der Waals surface area contributed by atoms with E-state index >= 15 is 0 Å². The number of ether oxygens (including phenoxy) is 1. The molecular weight excluding hydrogens is 341 g/mol. The molecule has 9 heteroatoms. The zero-order chi connectivity index (χ0) is 18.4. The summed E-state index contributed by atoms with van der Waals surface area (Å²) in [6.07, 6.45) is -4.41. The number of nitrogens with zero attached hydrogens (tertiary/aromatic N) is 1. The maximum atomic E-state index is 12.1. The van der Waals surface area contributed by atoms with Gasteiger partial charge in [-0.25, -0.2) is 0 Å². The Hall–Kier alpha value is -3.10. The Morgan fingerprint density at radius 3 is 2.20 bits per heavy atom. The molecule has 1 amide bonds. The average molecular weight is 354 g/mol. The molecular formula is C16H13F3N2O4. The highest BCUT2D eigenvalue weighted by Gasteiger charge is 2.28. The summed E-state index contributed by atoms with van der Waals surface area (Å²) in [5, 5.41) is 13.2. The molecule has 0 unspecified atom stereocenters. The predicted molar refractivity (Wildman–Crippen MR) is 82.3 cm³/mol. The Morgan fingerprint density at radius 2 is 1.68 bits per heavy atom. The molecule has 0 aromatic heterocycles. The fraction of sp³-hybridized carbons (Fsp3) is 0.188. The van der Waals surface area contributed by atoms with E-state index in [1.54, 1.807) is 0 Å². The lowest BCUT2D eigenvalue weighted by atomic mass is 10.1. The number of carbonyl (C=O) groups excluding carboxylic acids is 1. The average Bonchev–Trinajstić information content (AvgIpc) is 2.58. The van der Waals surface area contributed by atoms with Crippen LogP contribution in [0.25, 0.3) is 0 Å². The molecule has 0 saturated heterocycles. The minimum Gasteiger partial charge on any atom is -0.484 e. The van der Waals surface area contributed by atoms with Crippen LogP contribution in [0.4, 0.5) is 18.9 Å². The minimum atomic E-state index is -4.41. The van der Waals surface area contributed by atoms with E-state index in [1.807, 2.05) is 0 Å². The van der Waals surface area contributed by atoms with E-state index in [0.29, 0.717) is 5.56 Å². The second kappa shape index (κ2) is 7.65. The number of nitro groups is 1. The highest BCUT2D eigenvalue weighted by atomic mass is 19.4. The highest BCUT2D eigenvalue weighted by Crippen LogP contribution is 2.19. The first-order valence-electron chi connectivity index (χ1n) is 7.06. The third-order valence-corrected chi connectivity index (χ3v) is 3.12. The van der Waals surface area contributed by atoms with Gasteiger partial charge in [-0.2, -0.15) is 13.2 Å². The zero-order valence-corrected chi connectivity index (χ0v) is 12.7. The van der Waals surface area contributed by atoms with Gasteiger partial charge in [0, 0.05) is 24.2 Å². The van der Waals surface area contributed by atoms with Gasteiger partial charge in [-0.05, 0) is 29.8 Å². The minimum absolute atomic E-state index is 0.0720. The SMILES string of the molecule is O=C(NCc1ccc(OCC(F)(F)F)cc1)c1ccc([N+](=O)[O-])cc1. The van der Waals surface area contributed by atoms with Crippen molar-refractivity contribution in [3.05, 3.63) is 69.8 Å². The number of non-ortho nitro benzene ring substituents is 1. The summed E-state index contributed by atoms with van der Waals surface area (Å²) in [4.78, 5) is 21.9. The van der Waals surface area contributed by atoms with E-state index in [2.05, 4.69) is 10.1 Å². The van der Waals surface area contributed by atoms with Crippen molar-refractivity contribution in [3.8, 4) is 5.75 Å². The fourth-order valence-electron chi connectivity index (χ4n) is 1.89. The standard InChI is InChI=1S/C16H13F3N2O4/c17-16(18,19)10-25-14-7-1-11(2-8-14)9-20-15(22)12-3-5-13(6-4-12)21(23)24/h1-8H,9-10H2,(H,20,22). The lowest BCUT2D eigenvalue weighted by Crippen LogP contribution is -2.22. The predicted octanol–water partition coefficient (Wildman–Crippen LogP) is 3.47. The Labute approximate surface area is 140 Å². The summed E-state index contributed by atoms with van der Waals surface area (Å²) in [7, 11) is 0. The van der Waals surface area contributed by atoms with Crippen molar-refractivity contribution in [3.63, 3.8) is 0 Å². The summed E-state index contributed by atoms with van der Waals surface area (Å²) in [6, 6.07) is 10.9. The monoisotopic (exact) mass is 354 g/mol. The zero-order valence-electron chi connectivity index (χ0n) is 12.7. The van der Waals surface area contributed by atoms with Crippen LogP contribution in [0.3, 0.4) is 0 Å². The van der Waals surface area contributed by atoms with Crippen LogP contribution >= 0.6 is 0 Å². The van der Waals surface area contributed by atoms with Crippen molar-refractivity contribution in [2.75, 3.05) is 6.61 Å². The molecule has 6 nitrogen and oxygen atoms in total. The third kappa shape index (κ3) is 5.79. The summed E-state index contributed by atoms with van der Waals surface area (Å²) in [5.74, 6) is -0.352. The van der Waals surface area contributed by atoms with Crippen LogP contribution in [0.2, 0.25) is 0 Å². The van der Waals surface area contributed by atoms with Gasteiger partial charge in [-0.3, -0.25) is 14.9 Å². The van der Waals surface area contributed by atoms with Gasteiger partial charge in [0.15, 0.2) is 6.61 Å². The molecule has 2 rings (SSSR count). The molecule has 2 aromatic rings. The summed E-state index contributed by atoms with van der Waals surface area (Å²) in [6.45, 7) is -1.22. The number of alkyl halides is 3. The first-order chi connectivity index (χ1) is 11.7. The van der Waals surface area contributed by atoms with E-state index in [4.69, 9.17) is 0 Å². The number of benzene rings is 2. The topological polar surface area (TPSA) is 81.5 Å². The number of amides is 1. The van der Waals surface area contributed by atoms with Crippen LogP contribution in [0, 0.1) is 10.1 Å².